The average molecular weight is 410 g/mol. The molecule has 30 heavy (non-hydrogen) atoms. The number of hydrogen-bond donors (Lipinski definition) is 1. The fraction of sp³-hybridized carbons (Fsp3) is 0.318. The molecular weight excluding hydrogens is 387 g/mol. The van der Waals surface area contributed by atoms with Gasteiger partial charge in [-0.25, -0.2) is 4.39 Å². The maximum atomic E-state index is 13.2. The second-order valence-electron chi connectivity index (χ2n) is 7.32. The summed E-state index contributed by atoms with van der Waals surface area (Å²) >= 11 is 0. The molecule has 0 spiro atoms. The first-order chi connectivity index (χ1) is 14.6. The summed E-state index contributed by atoms with van der Waals surface area (Å²) in [5, 5.41) is 7.43. The molecule has 2 aromatic heterocycles. The molecule has 1 saturated heterocycles. The first-order valence-corrected chi connectivity index (χ1v) is 10.0. The number of nitrogens with zero attached hydrogens (tertiary/aromatic N) is 3. The molecule has 8 heteroatoms. The number of hydrogen-bond acceptors (Lipinski definition) is 5. The lowest BCUT2D eigenvalue weighted by Gasteiger charge is -2.32. The molecule has 1 amide bonds. The topological polar surface area (TPSA) is 80.4 Å². The number of furan rings is 1. The van der Waals surface area contributed by atoms with Gasteiger partial charge in [0.15, 0.2) is 0 Å². The first kappa shape index (κ1) is 19.9. The van der Waals surface area contributed by atoms with Crippen LogP contribution < -0.4 is 15.8 Å². The van der Waals surface area contributed by atoms with Crippen molar-refractivity contribution in [2.75, 3.05) is 24.5 Å². The second kappa shape index (κ2) is 8.94. The molecule has 0 aliphatic carbocycles. The fourth-order valence-electron chi connectivity index (χ4n) is 3.64. The van der Waals surface area contributed by atoms with E-state index in [0.717, 1.165) is 25.1 Å². The maximum Gasteiger partial charge on any atom is 0.271 e. The average Bonchev–Trinajstić information content (AvgIpc) is 3.28. The van der Waals surface area contributed by atoms with Crippen molar-refractivity contribution in [1.82, 2.24) is 15.1 Å². The highest BCUT2D eigenvalue weighted by Gasteiger charge is 2.26. The fourth-order valence-corrected chi connectivity index (χ4v) is 3.64. The highest BCUT2D eigenvalue weighted by atomic mass is 19.1. The third-order valence-corrected chi connectivity index (χ3v) is 5.22. The van der Waals surface area contributed by atoms with E-state index in [2.05, 4.69) is 10.4 Å². The molecule has 0 radical (unpaired) electrons. The molecule has 0 saturated carbocycles. The van der Waals surface area contributed by atoms with Crippen molar-refractivity contribution in [3.05, 3.63) is 76.7 Å². The molecule has 7 nitrogen and oxygen atoms in total. The molecule has 1 N–H and O–H groups in total. The van der Waals surface area contributed by atoms with Gasteiger partial charge in [0.2, 0.25) is 5.91 Å². The minimum Gasteiger partial charge on any atom is -0.469 e. The van der Waals surface area contributed by atoms with E-state index in [4.69, 9.17) is 4.42 Å². The van der Waals surface area contributed by atoms with Gasteiger partial charge in [0.05, 0.1) is 17.9 Å². The molecule has 0 bridgehead atoms. The highest BCUT2D eigenvalue weighted by Crippen LogP contribution is 2.21. The van der Waals surface area contributed by atoms with Crippen LogP contribution in [0.2, 0.25) is 0 Å². The SMILES string of the molecule is O=C(NCCc1ccco1)[C@@H]1CCCN(c2ccc(=O)n(-c3ccc(F)cc3)n2)C1. The van der Waals surface area contributed by atoms with E-state index in [1.165, 1.54) is 35.0 Å². The Morgan fingerprint density at radius 3 is 2.80 bits per heavy atom. The van der Waals surface area contributed by atoms with E-state index in [0.29, 0.717) is 31.0 Å². The number of rotatable bonds is 6. The van der Waals surface area contributed by atoms with Gasteiger partial charge in [0.25, 0.3) is 5.56 Å². The van der Waals surface area contributed by atoms with Crippen LogP contribution in [0.5, 0.6) is 0 Å². The van der Waals surface area contributed by atoms with Gasteiger partial charge in [0.1, 0.15) is 17.4 Å². The summed E-state index contributed by atoms with van der Waals surface area (Å²) < 4.78 is 19.7. The zero-order chi connectivity index (χ0) is 20.9. The van der Waals surface area contributed by atoms with Crippen LogP contribution in [0.4, 0.5) is 10.2 Å². The van der Waals surface area contributed by atoms with Crippen LogP contribution in [0.15, 0.2) is 64.0 Å². The molecule has 156 valence electrons. The van der Waals surface area contributed by atoms with Crippen molar-refractivity contribution in [2.24, 2.45) is 5.92 Å². The van der Waals surface area contributed by atoms with E-state index in [1.54, 1.807) is 12.3 Å². The Labute approximate surface area is 173 Å². The zero-order valence-electron chi connectivity index (χ0n) is 16.5. The van der Waals surface area contributed by atoms with Crippen molar-refractivity contribution in [3.63, 3.8) is 0 Å². The van der Waals surface area contributed by atoms with E-state index >= 15 is 0 Å². The molecule has 1 fully saturated rings. The van der Waals surface area contributed by atoms with E-state index in [-0.39, 0.29) is 23.2 Å². The van der Waals surface area contributed by atoms with Crippen LogP contribution in [0.25, 0.3) is 5.69 Å². The molecule has 4 rings (SSSR count). The largest absolute Gasteiger partial charge is 0.469 e. The number of carbonyl (C=O) groups excluding carboxylic acids is 1. The molecule has 1 aromatic carbocycles. The summed E-state index contributed by atoms with van der Waals surface area (Å²) in [4.78, 5) is 26.9. The minimum atomic E-state index is -0.375. The number of halogens is 1. The monoisotopic (exact) mass is 410 g/mol. The normalized spacial score (nSPS) is 16.4. The molecule has 1 atom stereocenters. The number of anilines is 1. The lowest BCUT2D eigenvalue weighted by Crippen LogP contribution is -2.44. The Morgan fingerprint density at radius 2 is 2.03 bits per heavy atom. The van der Waals surface area contributed by atoms with Crippen LogP contribution in [-0.4, -0.2) is 35.3 Å². The summed E-state index contributed by atoms with van der Waals surface area (Å²) in [5.41, 5.74) is 0.196. The van der Waals surface area contributed by atoms with E-state index in [9.17, 15) is 14.0 Å². The molecule has 0 unspecified atom stereocenters. The highest BCUT2D eigenvalue weighted by molar-refractivity contribution is 5.79. The molecular formula is C22H23FN4O3. The predicted molar refractivity (Wildman–Crippen MR) is 110 cm³/mol. The Hall–Kier alpha value is -3.42. The van der Waals surface area contributed by atoms with Crippen LogP contribution >= 0.6 is 0 Å². The Balaban J connectivity index is 1.42. The first-order valence-electron chi connectivity index (χ1n) is 10.0. The minimum absolute atomic E-state index is 0.0121. The number of piperidine rings is 1. The molecule has 3 heterocycles. The maximum absolute atomic E-state index is 13.2. The van der Waals surface area contributed by atoms with Crippen LogP contribution in [0.1, 0.15) is 18.6 Å². The lowest BCUT2D eigenvalue weighted by molar-refractivity contribution is -0.125. The second-order valence-corrected chi connectivity index (χ2v) is 7.32. The van der Waals surface area contributed by atoms with Crippen LogP contribution in [0, 0.1) is 11.7 Å². The zero-order valence-corrected chi connectivity index (χ0v) is 16.5. The van der Waals surface area contributed by atoms with Crippen molar-refractivity contribution in [3.8, 4) is 5.69 Å². The standard InChI is InChI=1S/C22H23FN4O3/c23-17-5-7-18(8-6-17)27-21(28)10-9-20(25-27)26-13-1-3-16(15-26)22(29)24-12-11-19-4-2-14-30-19/h2,4-10,14,16H,1,3,11-13,15H2,(H,24,29)/t16-/m1/s1. The van der Waals surface area contributed by atoms with E-state index in [1.807, 2.05) is 17.0 Å². The number of benzene rings is 1. The van der Waals surface area contributed by atoms with Gasteiger partial charge in [-0.2, -0.15) is 4.68 Å². The summed E-state index contributed by atoms with van der Waals surface area (Å²) in [6.07, 6.45) is 3.93. The van der Waals surface area contributed by atoms with Crippen LogP contribution in [-0.2, 0) is 11.2 Å². The third-order valence-electron chi connectivity index (χ3n) is 5.22. The van der Waals surface area contributed by atoms with Gasteiger partial charge in [-0.15, -0.1) is 5.10 Å². The molecule has 1 aliphatic rings. The van der Waals surface area contributed by atoms with Gasteiger partial charge >= 0.3 is 0 Å². The van der Waals surface area contributed by atoms with Gasteiger partial charge in [0, 0.05) is 32.1 Å². The summed E-state index contributed by atoms with van der Waals surface area (Å²) in [7, 11) is 0. The van der Waals surface area contributed by atoms with Crippen LogP contribution in [0.3, 0.4) is 0 Å². The van der Waals surface area contributed by atoms with Gasteiger partial charge < -0.3 is 14.6 Å². The summed E-state index contributed by atoms with van der Waals surface area (Å²) in [6.45, 7) is 1.81. The Kier molecular flexibility index (Phi) is 5.92. The Bertz CT molecular complexity index is 1050. The number of aromatic nitrogens is 2. The van der Waals surface area contributed by atoms with E-state index < -0.39 is 0 Å². The number of amides is 1. The van der Waals surface area contributed by atoms with Crippen molar-refractivity contribution in [2.45, 2.75) is 19.3 Å². The third kappa shape index (κ3) is 4.59. The van der Waals surface area contributed by atoms with Gasteiger partial charge in [-0.3, -0.25) is 9.59 Å². The van der Waals surface area contributed by atoms with Crippen molar-refractivity contribution < 1.29 is 13.6 Å². The summed E-state index contributed by atoms with van der Waals surface area (Å²) in [6, 6.07) is 12.4. The van der Waals surface area contributed by atoms with Crippen molar-refractivity contribution in [1.29, 1.82) is 0 Å². The Morgan fingerprint density at radius 1 is 1.20 bits per heavy atom. The summed E-state index contributed by atoms with van der Waals surface area (Å²) in [5.74, 6) is 0.946. The van der Waals surface area contributed by atoms with Gasteiger partial charge in [-0.1, -0.05) is 0 Å². The quantitative estimate of drug-likeness (QED) is 0.676. The number of nitrogens with one attached hydrogen (secondary N) is 1. The predicted octanol–water partition coefficient (Wildman–Crippen LogP) is 2.54. The number of carbonyl (C=O) groups is 1. The molecule has 3 aromatic rings. The lowest BCUT2D eigenvalue weighted by atomic mass is 9.97. The smallest absolute Gasteiger partial charge is 0.271 e. The van der Waals surface area contributed by atoms with Gasteiger partial charge in [-0.05, 0) is 55.3 Å². The van der Waals surface area contributed by atoms with Crippen molar-refractivity contribution >= 4 is 11.7 Å². The molecule has 1 aliphatic heterocycles.